The molecule has 21 heavy (non-hydrogen) atoms. The van der Waals surface area contributed by atoms with Gasteiger partial charge in [0.25, 0.3) is 5.91 Å². The standard InChI is InChI=1S/C17H20N2O2/c1-11-6-4-9-16(12(11)2)21-10-17(20)19-15-8-5-7-14(18)13(15)3/h4-9H,10,18H2,1-3H3,(H,19,20). The number of nitrogens with two attached hydrogens (primary N) is 1. The van der Waals surface area contributed by atoms with E-state index in [1.165, 1.54) is 0 Å². The van der Waals surface area contributed by atoms with E-state index in [2.05, 4.69) is 5.32 Å². The Morgan fingerprint density at radius 1 is 1.10 bits per heavy atom. The number of rotatable bonds is 4. The van der Waals surface area contributed by atoms with E-state index in [0.29, 0.717) is 11.4 Å². The Morgan fingerprint density at radius 2 is 1.81 bits per heavy atom. The highest BCUT2D eigenvalue weighted by Crippen LogP contribution is 2.22. The van der Waals surface area contributed by atoms with E-state index in [4.69, 9.17) is 10.5 Å². The summed E-state index contributed by atoms with van der Waals surface area (Å²) in [7, 11) is 0. The Hall–Kier alpha value is -2.49. The van der Waals surface area contributed by atoms with Crippen LogP contribution < -0.4 is 15.8 Å². The molecule has 0 atom stereocenters. The van der Waals surface area contributed by atoms with Crippen molar-refractivity contribution < 1.29 is 9.53 Å². The van der Waals surface area contributed by atoms with Crippen molar-refractivity contribution >= 4 is 17.3 Å². The highest BCUT2D eigenvalue weighted by atomic mass is 16.5. The van der Waals surface area contributed by atoms with E-state index in [1.54, 1.807) is 6.07 Å². The van der Waals surface area contributed by atoms with Gasteiger partial charge in [0, 0.05) is 11.4 Å². The van der Waals surface area contributed by atoms with Crippen LogP contribution in [0.3, 0.4) is 0 Å². The molecule has 2 rings (SSSR count). The molecule has 0 spiro atoms. The molecule has 0 heterocycles. The van der Waals surface area contributed by atoms with Gasteiger partial charge in [-0.3, -0.25) is 4.79 Å². The quantitative estimate of drug-likeness (QED) is 0.847. The SMILES string of the molecule is Cc1cccc(OCC(=O)Nc2cccc(N)c2C)c1C. The molecule has 2 aromatic rings. The van der Waals surface area contributed by atoms with E-state index in [9.17, 15) is 4.79 Å². The molecular formula is C17H20N2O2. The van der Waals surface area contributed by atoms with Gasteiger partial charge in [0.15, 0.2) is 6.61 Å². The minimum Gasteiger partial charge on any atom is -0.483 e. The summed E-state index contributed by atoms with van der Waals surface area (Å²) in [5.74, 6) is 0.527. The molecule has 0 fully saturated rings. The van der Waals surface area contributed by atoms with Gasteiger partial charge in [-0.15, -0.1) is 0 Å². The lowest BCUT2D eigenvalue weighted by molar-refractivity contribution is -0.118. The molecular weight excluding hydrogens is 264 g/mol. The maximum atomic E-state index is 12.0. The third-order valence-electron chi connectivity index (χ3n) is 3.56. The number of aryl methyl sites for hydroxylation is 1. The van der Waals surface area contributed by atoms with Gasteiger partial charge in [0.1, 0.15) is 5.75 Å². The second-order valence-electron chi connectivity index (χ2n) is 5.05. The maximum Gasteiger partial charge on any atom is 0.262 e. The van der Waals surface area contributed by atoms with Gasteiger partial charge in [-0.1, -0.05) is 18.2 Å². The van der Waals surface area contributed by atoms with Gasteiger partial charge in [0.05, 0.1) is 0 Å². The van der Waals surface area contributed by atoms with Crippen LogP contribution in [0.1, 0.15) is 16.7 Å². The van der Waals surface area contributed by atoms with Crippen molar-refractivity contribution in [1.82, 2.24) is 0 Å². The van der Waals surface area contributed by atoms with Crippen molar-refractivity contribution in [1.29, 1.82) is 0 Å². The van der Waals surface area contributed by atoms with Crippen LogP contribution in [-0.4, -0.2) is 12.5 Å². The van der Waals surface area contributed by atoms with Crippen molar-refractivity contribution in [2.45, 2.75) is 20.8 Å². The molecule has 0 saturated carbocycles. The van der Waals surface area contributed by atoms with Gasteiger partial charge in [0.2, 0.25) is 0 Å². The van der Waals surface area contributed by atoms with Crippen molar-refractivity contribution in [2.75, 3.05) is 17.7 Å². The first kappa shape index (κ1) is 14.9. The summed E-state index contributed by atoms with van der Waals surface area (Å²) in [6.07, 6.45) is 0. The molecule has 2 aromatic carbocycles. The van der Waals surface area contributed by atoms with Crippen LogP contribution in [-0.2, 0) is 4.79 Å². The van der Waals surface area contributed by atoms with Crippen LogP contribution in [0.5, 0.6) is 5.75 Å². The van der Waals surface area contributed by atoms with Gasteiger partial charge >= 0.3 is 0 Å². The molecule has 0 bridgehead atoms. The van der Waals surface area contributed by atoms with Crippen LogP contribution in [0.25, 0.3) is 0 Å². The summed E-state index contributed by atoms with van der Waals surface area (Å²) >= 11 is 0. The molecule has 0 aliphatic rings. The number of ether oxygens (including phenoxy) is 1. The molecule has 0 aliphatic carbocycles. The number of carbonyl (C=O) groups excluding carboxylic acids is 1. The van der Waals surface area contributed by atoms with E-state index >= 15 is 0 Å². The first-order valence-electron chi connectivity index (χ1n) is 6.83. The summed E-state index contributed by atoms with van der Waals surface area (Å²) in [5.41, 5.74) is 10.2. The molecule has 4 nitrogen and oxygen atoms in total. The zero-order valence-corrected chi connectivity index (χ0v) is 12.6. The third-order valence-corrected chi connectivity index (χ3v) is 3.56. The Balaban J connectivity index is 1.99. The summed E-state index contributed by atoms with van der Waals surface area (Å²) in [4.78, 5) is 12.0. The normalized spacial score (nSPS) is 10.2. The van der Waals surface area contributed by atoms with Crippen molar-refractivity contribution in [3.63, 3.8) is 0 Å². The molecule has 0 radical (unpaired) electrons. The smallest absolute Gasteiger partial charge is 0.262 e. The maximum absolute atomic E-state index is 12.0. The molecule has 1 amide bonds. The van der Waals surface area contributed by atoms with Crippen molar-refractivity contribution in [2.24, 2.45) is 0 Å². The predicted molar refractivity (Wildman–Crippen MR) is 85.6 cm³/mol. The van der Waals surface area contributed by atoms with Crippen LogP contribution in [0, 0.1) is 20.8 Å². The number of benzene rings is 2. The van der Waals surface area contributed by atoms with Crippen LogP contribution in [0.15, 0.2) is 36.4 Å². The van der Waals surface area contributed by atoms with E-state index in [0.717, 1.165) is 22.4 Å². The molecule has 3 N–H and O–H groups in total. The number of amides is 1. The van der Waals surface area contributed by atoms with Crippen LogP contribution in [0.4, 0.5) is 11.4 Å². The number of hydrogen-bond acceptors (Lipinski definition) is 3. The Bertz CT molecular complexity index is 666. The molecule has 4 heteroatoms. The fourth-order valence-electron chi connectivity index (χ4n) is 2.00. The molecule has 110 valence electrons. The Labute approximate surface area is 124 Å². The number of anilines is 2. The minimum absolute atomic E-state index is 0.0292. The fraction of sp³-hybridized carbons (Fsp3) is 0.235. The first-order chi connectivity index (χ1) is 9.99. The van der Waals surface area contributed by atoms with E-state index < -0.39 is 0 Å². The van der Waals surface area contributed by atoms with E-state index in [1.807, 2.05) is 51.1 Å². The highest BCUT2D eigenvalue weighted by molar-refractivity contribution is 5.93. The zero-order chi connectivity index (χ0) is 15.4. The van der Waals surface area contributed by atoms with Gasteiger partial charge in [-0.05, 0) is 55.7 Å². The third kappa shape index (κ3) is 3.54. The first-order valence-corrected chi connectivity index (χ1v) is 6.83. The number of hydrogen-bond donors (Lipinski definition) is 2. The predicted octanol–water partition coefficient (Wildman–Crippen LogP) is 3.21. The molecule has 0 unspecified atom stereocenters. The van der Waals surface area contributed by atoms with Crippen LogP contribution >= 0.6 is 0 Å². The molecule has 0 saturated heterocycles. The number of nitrogen functional groups attached to an aromatic ring is 1. The highest BCUT2D eigenvalue weighted by Gasteiger charge is 2.08. The number of nitrogens with one attached hydrogen (secondary N) is 1. The monoisotopic (exact) mass is 284 g/mol. The molecule has 0 aromatic heterocycles. The van der Waals surface area contributed by atoms with Crippen molar-refractivity contribution in [3.05, 3.63) is 53.1 Å². The topological polar surface area (TPSA) is 64.3 Å². The average molecular weight is 284 g/mol. The number of carbonyl (C=O) groups is 1. The lowest BCUT2D eigenvalue weighted by Crippen LogP contribution is -2.21. The second-order valence-corrected chi connectivity index (χ2v) is 5.05. The Kier molecular flexibility index (Phi) is 4.48. The van der Waals surface area contributed by atoms with Gasteiger partial charge < -0.3 is 15.8 Å². The lowest BCUT2D eigenvalue weighted by Gasteiger charge is -2.12. The fourth-order valence-corrected chi connectivity index (χ4v) is 2.00. The minimum atomic E-state index is -0.204. The largest absolute Gasteiger partial charge is 0.483 e. The van der Waals surface area contributed by atoms with Gasteiger partial charge in [-0.2, -0.15) is 0 Å². The summed E-state index contributed by atoms with van der Waals surface area (Å²) in [5, 5.41) is 2.81. The van der Waals surface area contributed by atoms with Crippen LogP contribution in [0.2, 0.25) is 0 Å². The average Bonchev–Trinajstić information content (AvgIpc) is 2.45. The summed E-state index contributed by atoms with van der Waals surface area (Å²) < 4.78 is 5.58. The Morgan fingerprint density at radius 3 is 2.57 bits per heavy atom. The lowest BCUT2D eigenvalue weighted by atomic mass is 10.1. The zero-order valence-electron chi connectivity index (χ0n) is 12.6. The van der Waals surface area contributed by atoms with Gasteiger partial charge in [-0.25, -0.2) is 0 Å². The summed E-state index contributed by atoms with van der Waals surface area (Å²) in [6, 6.07) is 11.2. The van der Waals surface area contributed by atoms with Crippen molar-refractivity contribution in [3.8, 4) is 5.75 Å². The summed E-state index contributed by atoms with van der Waals surface area (Å²) in [6.45, 7) is 5.83. The molecule has 0 aliphatic heterocycles. The second kappa shape index (κ2) is 6.31. The van der Waals surface area contributed by atoms with E-state index in [-0.39, 0.29) is 12.5 Å².